The lowest BCUT2D eigenvalue weighted by Gasteiger charge is -2.03. The Kier molecular flexibility index (Phi) is 3.87. The van der Waals surface area contributed by atoms with Crippen molar-refractivity contribution in [3.63, 3.8) is 0 Å². The highest BCUT2D eigenvalue weighted by Gasteiger charge is 1.96. The molecule has 0 saturated carbocycles. The molecule has 0 aliphatic rings. The monoisotopic (exact) mass is 174 g/mol. The van der Waals surface area contributed by atoms with Crippen molar-refractivity contribution in [3.8, 4) is 11.8 Å². The Morgan fingerprint density at radius 3 is 3.08 bits per heavy atom. The van der Waals surface area contributed by atoms with Gasteiger partial charge in [-0.3, -0.25) is 0 Å². The first kappa shape index (κ1) is 9.62. The lowest BCUT2D eigenvalue weighted by atomic mass is 10.1. The number of hydrogen-bond acceptors (Lipinski definition) is 3. The van der Waals surface area contributed by atoms with E-state index >= 15 is 0 Å². The molecule has 0 fully saturated rings. The Bertz CT molecular complexity index is 309. The maximum Gasteiger partial charge on any atom is 0.569 e. The summed E-state index contributed by atoms with van der Waals surface area (Å²) in [7, 11) is 0.642. The Morgan fingerprint density at radius 1 is 1.54 bits per heavy atom. The summed E-state index contributed by atoms with van der Waals surface area (Å²) in [5, 5.41) is 16.8. The quantitative estimate of drug-likeness (QED) is 0.694. The van der Waals surface area contributed by atoms with Gasteiger partial charge in [0.1, 0.15) is 5.75 Å². The largest absolute Gasteiger partial charge is 0.569 e. The number of nitriles is 1. The van der Waals surface area contributed by atoms with Crippen LogP contribution in [0.3, 0.4) is 0 Å². The highest BCUT2D eigenvalue weighted by Crippen LogP contribution is 2.13. The molecular formula is C9H9BNO2. The summed E-state index contributed by atoms with van der Waals surface area (Å²) in [6.07, 6.45) is 1.20. The van der Waals surface area contributed by atoms with Gasteiger partial charge in [-0.2, -0.15) is 5.26 Å². The van der Waals surface area contributed by atoms with E-state index in [0.717, 1.165) is 5.56 Å². The van der Waals surface area contributed by atoms with Crippen molar-refractivity contribution in [3.05, 3.63) is 29.8 Å². The van der Waals surface area contributed by atoms with Crippen LogP contribution in [0.25, 0.3) is 0 Å². The molecule has 0 aliphatic heterocycles. The number of aryl methyl sites for hydroxylation is 1. The van der Waals surface area contributed by atoms with E-state index in [1.54, 1.807) is 12.1 Å². The van der Waals surface area contributed by atoms with Crippen molar-refractivity contribution >= 4 is 7.69 Å². The van der Waals surface area contributed by atoms with Crippen molar-refractivity contribution in [2.45, 2.75) is 12.8 Å². The summed E-state index contributed by atoms with van der Waals surface area (Å²) in [5.41, 5.74) is 1.03. The molecule has 1 N–H and O–H groups in total. The third kappa shape index (κ3) is 3.18. The summed E-state index contributed by atoms with van der Waals surface area (Å²) in [5.74, 6) is 0.581. The van der Waals surface area contributed by atoms with E-state index in [2.05, 4.69) is 6.07 Å². The first-order valence-electron chi connectivity index (χ1n) is 3.95. The molecule has 0 heterocycles. The molecule has 65 valence electrons. The van der Waals surface area contributed by atoms with Crippen LogP contribution in [0, 0.1) is 11.3 Å². The minimum Gasteiger partial charge on any atom is -0.537 e. The average molecular weight is 174 g/mol. The highest BCUT2D eigenvalue weighted by atomic mass is 16.5. The average Bonchev–Trinajstić information content (AvgIpc) is 2.16. The van der Waals surface area contributed by atoms with Crippen molar-refractivity contribution in [1.29, 1.82) is 5.26 Å². The molecule has 13 heavy (non-hydrogen) atoms. The van der Waals surface area contributed by atoms with Crippen LogP contribution >= 0.6 is 0 Å². The molecule has 4 heteroatoms. The van der Waals surface area contributed by atoms with Crippen LogP contribution < -0.4 is 4.65 Å². The molecule has 3 nitrogen and oxygen atoms in total. The van der Waals surface area contributed by atoms with E-state index in [4.69, 9.17) is 14.9 Å². The van der Waals surface area contributed by atoms with Crippen molar-refractivity contribution in [1.82, 2.24) is 0 Å². The fourth-order valence-electron chi connectivity index (χ4n) is 1.04. The van der Waals surface area contributed by atoms with Crippen LogP contribution in [-0.4, -0.2) is 12.7 Å². The summed E-state index contributed by atoms with van der Waals surface area (Å²) in [6, 6.07) is 9.35. The second-order valence-corrected chi connectivity index (χ2v) is 2.53. The van der Waals surface area contributed by atoms with Crippen LogP contribution in [0.15, 0.2) is 24.3 Å². The molecule has 1 rings (SSSR count). The molecule has 0 unspecified atom stereocenters. The van der Waals surface area contributed by atoms with Gasteiger partial charge >= 0.3 is 7.69 Å². The van der Waals surface area contributed by atoms with Crippen LogP contribution in [-0.2, 0) is 6.42 Å². The summed E-state index contributed by atoms with van der Waals surface area (Å²) in [6.45, 7) is 0. The van der Waals surface area contributed by atoms with Crippen LogP contribution in [0.4, 0.5) is 0 Å². The molecule has 0 saturated heterocycles. The number of nitrogens with zero attached hydrogens (tertiary/aromatic N) is 1. The second-order valence-electron chi connectivity index (χ2n) is 2.53. The Balaban J connectivity index is 2.63. The molecule has 0 atom stereocenters. The van der Waals surface area contributed by atoms with Crippen LogP contribution in [0.5, 0.6) is 5.75 Å². The lowest BCUT2D eigenvalue weighted by molar-refractivity contribution is 0.453. The normalized spacial score (nSPS) is 8.92. The standard InChI is InChI=1S/C9H9BNO2/c11-6-2-4-8-3-1-5-9(7-8)13-10-12/h1,3,5,7,12H,2,4H2. The van der Waals surface area contributed by atoms with E-state index < -0.39 is 0 Å². The first-order chi connectivity index (χ1) is 6.36. The molecule has 1 aromatic carbocycles. The fourth-order valence-corrected chi connectivity index (χ4v) is 1.04. The SMILES string of the molecule is N#CCCc1cccc(O[B]O)c1. The van der Waals surface area contributed by atoms with Crippen molar-refractivity contribution in [2.75, 3.05) is 0 Å². The maximum atomic E-state index is 8.39. The van der Waals surface area contributed by atoms with Gasteiger partial charge in [0.05, 0.1) is 6.07 Å². The molecule has 0 aromatic heterocycles. The Morgan fingerprint density at radius 2 is 2.38 bits per heavy atom. The van der Waals surface area contributed by atoms with Gasteiger partial charge < -0.3 is 9.68 Å². The predicted molar refractivity (Wildman–Crippen MR) is 49.0 cm³/mol. The number of hydrogen-bond donors (Lipinski definition) is 1. The second kappa shape index (κ2) is 5.23. The topological polar surface area (TPSA) is 53.2 Å². The van der Waals surface area contributed by atoms with E-state index in [1.165, 1.54) is 0 Å². The van der Waals surface area contributed by atoms with Gasteiger partial charge in [-0.1, -0.05) is 12.1 Å². The fraction of sp³-hybridized carbons (Fsp3) is 0.222. The summed E-state index contributed by atoms with van der Waals surface area (Å²) >= 11 is 0. The number of rotatable bonds is 4. The minimum absolute atomic E-state index is 0.492. The first-order valence-corrected chi connectivity index (χ1v) is 3.95. The zero-order valence-electron chi connectivity index (χ0n) is 7.10. The van der Waals surface area contributed by atoms with Gasteiger partial charge in [-0.15, -0.1) is 0 Å². The smallest absolute Gasteiger partial charge is 0.537 e. The van der Waals surface area contributed by atoms with Gasteiger partial charge in [0.2, 0.25) is 0 Å². The van der Waals surface area contributed by atoms with Gasteiger partial charge in [0.15, 0.2) is 0 Å². The summed E-state index contributed by atoms with van der Waals surface area (Å²) in [4.78, 5) is 0. The van der Waals surface area contributed by atoms with Gasteiger partial charge in [-0.25, -0.2) is 0 Å². The molecule has 0 spiro atoms. The molecular weight excluding hydrogens is 165 g/mol. The van der Waals surface area contributed by atoms with E-state index in [-0.39, 0.29) is 0 Å². The van der Waals surface area contributed by atoms with Crippen LogP contribution in [0.2, 0.25) is 0 Å². The van der Waals surface area contributed by atoms with Gasteiger partial charge in [-0.05, 0) is 24.1 Å². The third-order valence-corrected chi connectivity index (χ3v) is 1.61. The van der Waals surface area contributed by atoms with E-state index in [0.29, 0.717) is 26.3 Å². The van der Waals surface area contributed by atoms with E-state index in [9.17, 15) is 0 Å². The Hall–Kier alpha value is -1.47. The zero-order valence-corrected chi connectivity index (χ0v) is 7.10. The predicted octanol–water partition coefficient (Wildman–Crippen LogP) is 1.05. The van der Waals surface area contributed by atoms with Crippen molar-refractivity contribution < 1.29 is 9.68 Å². The lowest BCUT2D eigenvalue weighted by Crippen LogP contribution is -1.99. The zero-order chi connectivity index (χ0) is 9.52. The molecule has 0 aliphatic carbocycles. The molecule has 1 aromatic rings. The number of benzene rings is 1. The maximum absolute atomic E-state index is 8.39. The van der Waals surface area contributed by atoms with Gasteiger partial charge in [0, 0.05) is 6.42 Å². The highest BCUT2D eigenvalue weighted by molar-refractivity contribution is 6.17. The van der Waals surface area contributed by atoms with Gasteiger partial charge in [0.25, 0.3) is 0 Å². The molecule has 0 amide bonds. The summed E-state index contributed by atoms with van der Waals surface area (Å²) < 4.78 is 4.77. The third-order valence-electron chi connectivity index (χ3n) is 1.61. The van der Waals surface area contributed by atoms with Crippen molar-refractivity contribution in [2.24, 2.45) is 0 Å². The molecule has 1 radical (unpaired) electrons. The Labute approximate surface area is 77.9 Å². The van der Waals surface area contributed by atoms with Crippen LogP contribution in [0.1, 0.15) is 12.0 Å². The van der Waals surface area contributed by atoms with E-state index in [1.807, 2.05) is 12.1 Å². The minimum atomic E-state index is 0.492. The molecule has 0 bridgehead atoms.